The highest BCUT2D eigenvalue weighted by Crippen LogP contribution is 2.30. The molecule has 0 atom stereocenters. The van der Waals surface area contributed by atoms with Gasteiger partial charge in [0.1, 0.15) is 5.82 Å². The Balaban J connectivity index is 2.37. The van der Waals surface area contributed by atoms with E-state index in [0.717, 1.165) is 43.6 Å². The van der Waals surface area contributed by atoms with Crippen LogP contribution in [0.5, 0.6) is 0 Å². The van der Waals surface area contributed by atoms with Crippen molar-refractivity contribution in [3.05, 3.63) is 51.2 Å². The minimum Gasteiger partial charge on any atom is -0.399 e. The average molecular weight is 395 g/mol. The van der Waals surface area contributed by atoms with Gasteiger partial charge >= 0.3 is 0 Å². The molecule has 0 unspecified atom stereocenters. The fourth-order valence-electron chi connectivity index (χ4n) is 2.31. The third-order valence-corrected chi connectivity index (χ3v) is 4.38. The quantitative estimate of drug-likeness (QED) is 0.640. The zero-order chi connectivity index (χ0) is 14.3. The fourth-order valence-corrected chi connectivity index (χ4v) is 3.08. The first-order valence-electron chi connectivity index (χ1n) is 6.32. The molecule has 0 aliphatic rings. The Hall–Kier alpha value is -1.33. The number of hydrogen-bond acceptors (Lipinski definition) is 2. The number of hydrogen-bond donors (Lipinski definition) is 1. The van der Waals surface area contributed by atoms with Crippen LogP contribution in [0.1, 0.15) is 12.7 Å². The van der Waals surface area contributed by atoms with Crippen LogP contribution in [-0.2, 0) is 6.42 Å². The Labute approximate surface area is 134 Å². The van der Waals surface area contributed by atoms with E-state index in [4.69, 9.17) is 5.73 Å². The van der Waals surface area contributed by atoms with Gasteiger partial charge in [-0.15, -0.1) is 0 Å². The summed E-state index contributed by atoms with van der Waals surface area (Å²) in [5.41, 5.74) is 9.65. The molecule has 0 saturated heterocycles. The van der Waals surface area contributed by atoms with E-state index < -0.39 is 0 Å². The molecule has 2 aromatic carbocycles. The summed E-state index contributed by atoms with van der Waals surface area (Å²) in [7, 11) is 0. The first-order valence-corrected chi connectivity index (χ1v) is 7.91. The van der Waals surface area contributed by atoms with Gasteiger partial charge < -0.3 is 5.73 Å². The van der Waals surface area contributed by atoms with Crippen LogP contribution in [0.15, 0.2) is 45.3 Å². The van der Waals surface area contributed by atoms with Gasteiger partial charge in [-0.05, 0) is 52.3 Å². The number of aromatic nitrogens is 2. The summed E-state index contributed by atoms with van der Waals surface area (Å²) in [6, 6.07) is 12.0. The maximum atomic E-state index is 5.85. The highest BCUT2D eigenvalue weighted by atomic mass is 79.9. The zero-order valence-corrected chi connectivity index (χ0v) is 14.1. The molecule has 3 aromatic rings. The topological polar surface area (TPSA) is 43.8 Å². The van der Waals surface area contributed by atoms with Crippen molar-refractivity contribution < 1.29 is 0 Å². The van der Waals surface area contributed by atoms with Gasteiger partial charge in [0.2, 0.25) is 0 Å². The number of imidazole rings is 1. The largest absolute Gasteiger partial charge is 0.399 e. The molecule has 0 aliphatic carbocycles. The molecule has 5 heteroatoms. The van der Waals surface area contributed by atoms with E-state index in [1.807, 2.05) is 30.3 Å². The number of anilines is 1. The molecule has 0 bridgehead atoms. The first kappa shape index (κ1) is 13.6. The van der Waals surface area contributed by atoms with Crippen molar-refractivity contribution in [1.82, 2.24) is 9.55 Å². The van der Waals surface area contributed by atoms with Crippen molar-refractivity contribution in [2.24, 2.45) is 0 Å². The predicted octanol–water partition coefficient (Wildman–Crippen LogP) is 4.70. The lowest BCUT2D eigenvalue weighted by molar-refractivity contribution is 0.905. The summed E-state index contributed by atoms with van der Waals surface area (Å²) in [6.07, 6.45) is 0.855. The SMILES string of the molecule is CCc1nc2cc(N)ccc2n1-c1cc(Br)ccc1Br. The monoisotopic (exact) mass is 393 g/mol. The lowest BCUT2D eigenvalue weighted by atomic mass is 10.2. The Bertz CT molecular complexity index is 793. The maximum Gasteiger partial charge on any atom is 0.114 e. The number of fused-ring (bicyclic) bond motifs is 1. The Morgan fingerprint density at radius 1 is 1.15 bits per heavy atom. The van der Waals surface area contributed by atoms with Gasteiger partial charge in [-0.3, -0.25) is 4.57 Å². The third kappa shape index (κ3) is 2.25. The summed E-state index contributed by atoms with van der Waals surface area (Å²) in [6.45, 7) is 2.10. The molecule has 0 aliphatic heterocycles. The molecule has 20 heavy (non-hydrogen) atoms. The van der Waals surface area contributed by atoms with Gasteiger partial charge in [-0.2, -0.15) is 0 Å². The lowest BCUT2D eigenvalue weighted by Crippen LogP contribution is -2.01. The van der Waals surface area contributed by atoms with Crippen LogP contribution in [0, 0.1) is 0 Å². The van der Waals surface area contributed by atoms with Gasteiger partial charge in [0, 0.05) is 21.1 Å². The summed E-state index contributed by atoms with van der Waals surface area (Å²) in [5, 5.41) is 0. The maximum absolute atomic E-state index is 5.85. The van der Waals surface area contributed by atoms with Crippen LogP contribution in [0.25, 0.3) is 16.7 Å². The Morgan fingerprint density at radius 3 is 2.70 bits per heavy atom. The van der Waals surface area contributed by atoms with Gasteiger partial charge in [0.15, 0.2) is 0 Å². The standard InChI is InChI=1S/C15H13Br2N3/c1-2-15-19-12-8-10(18)4-6-13(12)20(15)14-7-9(16)3-5-11(14)17/h3-8H,2,18H2,1H3. The molecule has 1 heterocycles. The molecular formula is C15H13Br2N3. The first-order chi connectivity index (χ1) is 9.60. The van der Waals surface area contributed by atoms with Gasteiger partial charge in [-0.25, -0.2) is 4.98 Å². The van der Waals surface area contributed by atoms with Gasteiger partial charge in [-0.1, -0.05) is 22.9 Å². The van der Waals surface area contributed by atoms with Crippen LogP contribution in [0.3, 0.4) is 0 Å². The number of nitrogens with zero attached hydrogens (tertiary/aromatic N) is 2. The van der Waals surface area contributed by atoms with E-state index >= 15 is 0 Å². The molecule has 0 amide bonds. The van der Waals surface area contributed by atoms with Gasteiger partial charge in [0.25, 0.3) is 0 Å². The fraction of sp³-hybridized carbons (Fsp3) is 0.133. The molecule has 0 fully saturated rings. The van der Waals surface area contributed by atoms with Crippen molar-refractivity contribution in [2.75, 3.05) is 5.73 Å². The van der Waals surface area contributed by atoms with E-state index in [2.05, 4.69) is 54.4 Å². The lowest BCUT2D eigenvalue weighted by Gasteiger charge is -2.11. The average Bonchev–Trinajstić information content (AvgIpc) is 2.78. The summed E-state index contributed by atoms with van der Waals surface area (Å²) < 4.78 is 4.24. The second-order valence-electron chi connectivity index (χ2n) is 4.56. The van der Waals surface area contributed by atoms with Gasteiger partial charge in [0.05, 0.1) is 16.7 Å². The van der Waals surface area contributed by atoms with E-state index in [-0.39, 0.29) is 0 Å². The van der Waals surface area contributed by atoms with Crippen molar-refractivity contribution >= 4 is 48.6 Å². The number of halogens is 2. The van der Waals surface area contributed by atoms with Crippen LogP contribution in [-0.4, -0.2) is 9.55 Å². The number of nitrogens with two attached hydrogens (primary N) is 1. The van der Waals surface area contributed by atoms with Crippen LogP contribution >= 0.6 is 31.9 Å². The van der Waals surface area contributed by atoms with E-state index in [1.54, 1.807) is 0 Å². The van der Waals surface area contributed by atoms with Crippen LogP contribution in [0.2, 0.25) is 0 Å². The summed E-state index contributed by atoms with van der Waals surface area (Å²) >= 11 is 7.15. The Kier molecular flexibility index (Phi) is 3.56. The second-order valence-corrected chi connectivity index (χ2v) is 6.33. The number of nitrogen functional groups attached to an aromatic ring is 1. The normalized spacial score (nSPS) is 11.2. The predicted molar refractivity (Wildman–Crippen MR) is 90.3 cm³/mol. The highest BCUT2D eigenvalue weighted by molar-refractivity contribution is 9.11. The van der Waals surface area contributed by atoms with Crippen LogP contribution < -0.4 is 5.73 Å². The molecule has 3 nitrogen and oxygen atoms in total. The molecule has 102 valence electrons. The van der Waals surface area contributed by atoms with Crippen molar-refractivity contribution in [3.63, 3.8) is 0 Å². The summed E-state index contributed by atoms with van der Waals surface area (Å²) in [4.78, 5) is 4.69. The van der Waals surface area contributed by atoms with E-state index in [1.165, 1.54) is 0 Å². The molecule has 0 saturated carbocycles. The molecule has 3 rings (SSSR count). The highest BCUT2D eigenvalue weighted by Gasteiger charge is 2.13. The van der Waals surface area contributed by atoms with E-state index in [0.29, 0.717) is 0 Å². The second kappa shape index (κ2) is 5.22. The molecular weight excluding hydrogens is 382 g/mol. The minimum absolute atomic E-state index is 0.734. The Morgan fingerprint density at radius 2 is 1.95 bits per heavy atom. The molecule has 1 aromatic heterocycles. The van der Waals surface area contributed by atoms with Crippen molar-refractivity contribution in [2.45, 2.75) is 13.3 Å². The molecule has 2 N–H and O–H groups in total. The van der Waals surface area contributed by atoms with Crippen LogP contribution in [0.4, 0.5) is 5.69 Å². The molecule has 0 spiro atoms. The third-order valence-electron chi connectivity index (χ3n) is 3.21. The smallest absolute Gasteiger partial charge is 0.114 e. The van der Waals surface area contributed by atoms with Crippen molar-refractivity contribution in [1.29, 1.82) is 0 Å². The molecule has 0 radical (unpaired) electrons. The number of benzene rings is 2. The van der Waals surface area contributed by atoms with E-state index in [9.17, 15) is 0 Å². The summed E-state index contributed by atoms with van der Waals surface area (Å²) in [5.74, 6) is 1.02. The number of aryl methyl sites for hydroxylation is 1. The van der Waals surface area contributed by atoms with Crippen molar-refractivity contribution in [3.8, 4) is 5.69 Å². The zero-order valence-electron chi connectivity index (χ0n) is 10.9. The minimum atomic E-state index is 0.734. The number of rotatable bonds is 2.